The molecule has 1 aromatic heterocycles. The third-order valence-corrected chi connectivity index (χ3v) is 5.44. The number of benzene rings is 1. The minimum absolute atomic E-state index is 0.0149. The fraction of sp³-hybridized carbons (Fsp3) is 0.0556. The highest BCUT2D eigenvalue weighted by Gasteiger charge is 2.37. The van der Waals surface area contributed by atoms with Crippen LogP contribution in [0, 0.1) is 5.41 Å². The predicted molar refractivity (Wildman–Crippen MR) is 110 cm³/mol. The number of rotatable bonds is 3. The van der Waals surface area contributed by atoms with Gasteiger partial charge in [0.1, 0.15) is 17.4 Å². The zero-order valence-corrected chi connectivity index (χ0v) is 16.0. The van der Waals surface area contributed by atoms with Gasteiger partial charge in [0.2, 0.25) is 5.17 Å². The number of hydrogen-bond donors (Lipinski definition) is 2. The van der Waals surface area contributed by atoms with Crippen molar-refractivity contribution in [2.24, 2.45) is 9.39 Å². The minimum atomic E-state index is -1.03. The van der Waals surface area contributed by atoms with Crippen molar-refractivity contribution in [2.75, 3.05) is 6.26 Å². The Balaban J connectivity index is 1.66. The molecule has 0 atom stereocenters. The van der Waals surface area contributed by atoms with Crippen molar-refractivity contribution in [2.45, 2.75) is 0 Å². The van der Waals surface area contributed by atoms with E-state index in [0.29, 0.717) is 27.4 Å². The lowest BCUT2D eigenvalue weighted by molar-refractivity contribution is -0.114. The van der Waals surface area contributed by atoms with E-state index in [2.05, 4.69) is 9.39 Å². The number of carbonyl (C=O) groups is 2. The quantitative estimate of drug-likeness (QED) is 0.584. The summed E-state index contributed by atoms with van der Waals surface area (Å²) in [4.78, 5) is 29.0. The van der Waals surface area contributed by atoms with Gasteiger partial charge in [-0.05, 0) is 36.6 Å². The number of thioether (sulfide) groups is 1. The number of nitrogens with one attached hydrogen (secondary N) is 1. The first-order valence-electron chi connectivity index (χ1n) is 7.94. The van der Waals surface area contributed by atoms with Crippen molar-refractivity contribution in [1.82, 2.24) is 4.90 Å². The van der Waals surface area contributed by atoms with Crippen molar-refractivity contribution in [3.05, 3.63) is 53.3 Å². The molecule has 2 aliphatic rings. The number of aromatic carboxylic acids is 1. The van der Waals surface area contributed by atoms with Gasteiger partial charge < -0.3 is 9.52 Å². The van der Waals surface area contributed by atoms with Gasteiger partial charge in [-0.15, -0.1) is 0 Å². The highest BCUT2D eigenvalue weighted by Crippen LogP contribution is 2.31. The van der Waals surface area contributed by atoms with Crippen LogP contribution in [-0.2, 0) is 4.79 Å². The van der Waals surface area contributed by atoms with Gasteiger partial charge in [0.15, 0.2) is 5.17 Å². The molecule has 28 heavy (non-hydrogen) atoms. The highest BCUT2D eigenvalue weighted by molar-refractivity contribution is 8.18. The Morgan fingerprint density at radius 3 is 2.93 bits per heavy atom. The molecule has 8 nitrogen and oxygen atoms in total. The van der Waals surface area contributed by atoms with Crippen LogP contribution in [0.1, 0.15) is 16.1 Å². The number of amides is 1. The maximum atomic E-state index is 12.3. The smallest absolute Gasteiger partial charge is 0.335 e. The van der Waals surface area contributed by atoms with Gasteiger partial charge in [0, 0.05) is 5.56 Å². The largest absolute Gasteiger partial charge is 0.478 e. The summed E-state index contributed by atoms with van der Waals surface area (Å²) in [6, 6.07) is 9.69. The summed E-state index contributed by atoms with van der Waals surface area (Å²) in [6.45, 7) is 0. The standard InChI is InChI=1S/C18H12N4O4S2/c1-27-18-21-28-17-20-15(23)12(14(19)22(17)18)8-11-5-6-13(26-11)9-3-2-4-10(7-9)16(24)25/h2-8,19H,1H3,(H,24,25)/b12-8-,19-14?. The molecule has 2 aliphatic heterocycles. The Morgan fingerprint density at radius 2 is 2.18 bits per heavy atom. The molecule has 0 fully saturated rings. The molecule has 0 saturated carbocycles. The number of carboxylic acid groups (broad SMARTS) is 1. The summed E-state index contributed by atoms with van der Waals surface area (Å²) < 4.78 is 9.93. The van der Waals surface area contributed by atoms with Gasteiger partial charge in [-0.3, -0.25) is 10.2 Å². The van der Waals surface area contributed by atoms with E-state index in [1.54, 1.807) is 24.3 Å². The summed E-state index contributed by atoms with van der Waals surface area (Å²) in [7, 11) is 0. The first kappa shape index (κ1) is 18.3. The predicted octanol–water partition coefficient (Wildman–Crippen LogP) is 3.58. The van der Waals surface area contributed by atoms with E-state index in [1.807, 2.05) is 6.26 Å². The Hall–Kier alpha value is -3.11. The van der Waals surface area contributed by atoms with Crippen LogP contribution >= 0.6 is 23.7 Å². The monoisotopic (exact) mass is 412 g/mol. The van der Waals surface area contributed by atoms with Crippen LogP contribution < -0.4 is 0 Å². The van der Waals surface area contributed by atoms with Crippen LogP contribution in [0.3, 0.4) is 0 Å². The molecule has 0 bridgehead atoms. The summed E-state index contributed by atoms with van der Waals surface area (Å²) in [5.41, 5.74) is 0.839. The molecular formula is C18H12N4O4S2. The van der Waals surface area contributed by atoms with E-state index < -0.39 is 11.9 Å². The topological polar surface area (TPSA) is 119 Å². The molecule has 140 valence electrons. The van der Waals surface area contributed by atoms with E-state index >= 15 is 0 Å². The molecule has 0 radical (unpaired) electrons. The molecule has 1 amide bonds. The zero-order valence-electron chi connectivity index (χ0n) is 14.4. The molecule has 2 aromatic rings. The van der Waals surface area contributed by atoms with Gasteiger partial charge in [-0.25, -0.2) is 9.69 Å². The Morgan fingerprint density at radius 1 is 1.36 bits per heavy atom. The van der Waals surface area contributed by atoms with Crippen LogP contribution in [0.5, 0.6) is 0 Å². The molecule has 0 spiro atoms. The first-order valence-corrected chi connectivity index (χ1v) is 9.94. The first-order chi connectivity index (χ1) is 13.5. The average molecular weight is 412 g/mol. The van der Waals surface area contributed by atoms with Crippen molar-refractivity contribution in [3.8, 4) is 11.3 Å². The number of carbonyl (C=O) groups excluding carboxylic acids is 1. The van der Waals surface area contributed by atoms with Crippen molar-refractivity contribution < 1.29 is 19.1 Å². The van der Waals surface area contributed by atoms with E-state index in [0.717, 1.165) is 11.9 Å². The third kappa shape index (κ3) is 3.16. The molecule has 0 saturated heterocycles. The fourth-order valence-electron chi connectivity index (χ4n) is 2.67. The Labute approximate surface area is 167 Å². The third-order valence-electron chi connectivity index (χ3n) is 3.98. The number of aliphatic imine (C=N–C) groups is 1. The number of hydrogen-bond acceptors (Lipinski definition) is 7. The van der Waals surface area contributed by atoms with E-state index in [9.17, 15) is 9.59 Å². The molecule has 0 unspecified atom stereocenters. The molecule has 1 aromatic carbocycles. The van der Waals surface area contributed by atoms with Gasteiger partial charge in [0.25, 0.3) is 5.91 Å². The number of fused-ring (bicyclic) bond motifs is 1. The van der Waals surface area contributed by atoms with Crippen molar-refractivity contribution in [1.29, 1.82) is 5.41 Å². The maximum absolute atomic E-state index is 12.3. The van der Waals surface area contributed by atoms with Gasteiger partial charge in [-0.2, -0.15) is 9.39 Å². The molecule has 0 aliphatic carbocycles. The summed E-state index contributed by atoms with van der Waals surface area (Å²) in [6.07, 6.45) is 3.29. The number of amidine groups is 3. The maximum Gasteiger partial charge on any atom is 0.335 e. The normalized spacial score (nSPS) is 17.6. The SMILES string of the molecule is CSC1=NSC2=NC(=O)/C(=C\c3ccc(-c4cccc(C(=O)O)c4)o3)C(=N)N12. The van der Waals surface area contributed by atoms with Crippen molar-refractivity contribution >= 4 is 57.8 Å². The average Bonchev–Trinajstić information content (AvgIpc) is 3.32. The second-order valence-corrected chi connectivity index (χ2v) is 7.20. The van der Waals surface area contributed by atoms with E-state index in [-0.39, 0.29) is 17.0 Å². The number of furan rings is 1. The molecule has 10 heteroatoms. The molecular weight excluding hydrogens is 400 g/mol. The summed E-state index contributed by atoms with van der Waals surface area (Å²) in [5.74, 6) is -0.763. The molecule has 4 rings (SSSR count). The van der Waals surface area contributed by atoms with Crippen LogP contribution in [-0.4, -0.2) is 44.3 Å². The van der Waals surface area contributed by atoms with Crippen LogP contribution in [0.2, 0.25) is 0 Å². The lowest BCUT2D eigenvalue weighted by atomic mass is 10.1. The number of carboxylic acids is 1. The minimum Gasteiger partial charge on any atom is -0.478 e. The Kier molecular flexibility index (Phi) is 4.65. The fourth-order valence-corrected chi connectivity index (χ4v) is 4.12. The van der Waals surface area contributed by atoms with Gasteiger partial charge >= 0.3 is 5.97 Å². The van der Waals surface area contributed by atoms with Crippen molar-refractivity contribution in [3.63, 3.8) is 0 Å². The molecule has 2 N–H and O–H groups in total. The highest BCUT2D eigenvalue weighted by atomic mass is 32.2. The zero-order chi connectivity index (χ0) is 19.8. The lowest BCUT2D eigenvalue weighted by Gasteiger charge is -2.23. The summed E-state index contributed by atoms with van der Waals surface area (Å²) in [5, 5.41) is 18.4. The summed E-state index contributed by atoms with van der Waals surface area (Å²) >= 11 is 2.42. The van der Waals surface area contributed by atoms with Crippen LogP contribution in [0.4, 0.5) is 0 Å². The van der Waals surface area contributed by atoms with E-state index in [4.69, 9.17) is 14.9 Å². The second-order valence-electron chi connectivity index (χ2n) is 5.70. The second kappa shape index (κ2) is 7.13. The lowest BCUT2D eigenvalue weighted by Crippen LogP contribution is -2.41. The van der Waals surface area contributed by atoms with Crippen LogP contribution in [0.15, 0.2) is 55.8 Å². The van der Waals surface area contributed by atoms with Crippen LogP contribution in [0.25, 0.3) is 17.4 Å². The van der Waals surface area contributed by atoms with E-state index in [1.165, 1.54) is 34.9 Å². The van der Waals surface area contributed by atoms with Gasteiger partial charge in [-0.1, -0.05) is 23.9 Å². The van der Waals surface area contributed by atoms with Gasteiger partial charge in [0.05, 0.1) is 23.1 Å². The number of nitrogens with zero attached hydrogens (tertiary/aromatic N) is 3. The Bertz CT molecular complexity index is 1120. The molecule has 3 heterocycles.